The number of hydrogen-bond donors (Lipinski definition) is 2. The van der Waals surface area contributed by atoms with Gasteiger partial charge >= 0.3 is 5.97 Å². The molecule has 0 saturated carbocycles. The smallest absolute Gasteiger partial charge is 0.305 e. The first kappa shape index (κ1) is 8.87. The first-order valence-electron chi connectivity index (χ1n) is 3.61. The van der Waals surface area contributed by atoms with Gasteiger partial charge in [0.15, 0.2) is 0 Å². The molecule has 0 spiro atoms. The number of nitrogens with two attached hydrogens (primary N) is 1. The first-order chi connectivity index (χ1) is 5.02. The Bertz CT molecular complexity index is 166. The predicted molar refractivity (Wildman–Crippen MR) is 45.7 cm³/mol. The molecule has 1 atom stereocenters. The lowest BCUT2D eigenvalue weighted by molar-refractivity contribution is -0.138. The SMILES string of the molecule is CC(N)(CC(=O)O)C1CSC1. The van der Waals surface area contributed by atoms with E-state index in [2.05, 4.69) is 0 Å². The molecule has 3 N–H and O–H groups in total. The predicted octanol–water partition coefficient (Wildman–Crippen LogP) is 0.542. The molecular formula is C7H13NO2S. The van der Waals surface area contributed by atoms with Gasteiger partial charge < -0.3 is 10.8 Å². The van der Waals surface area contributed by atoms with Gasteiger partial charge in [0.05, 0.1) is 6.42 Å². The van der Waals surface area contributed by atoms with Crippen LogP contribution >= 0.6 is 11.8 Å². The van der Waals surface area contributed by atoms with Crippen molar-refractivity contribution in [3.05, 3.63) is 0 Å². The Morgan fingerprint density at radius 1 is 1.82 bits per heavy atom. The lowest BCUT2D eigenvalue weighted by atomic mass is 9.86. The number of carboxylic acid groups (broad SMARTS) is 1. The second-order valence-electron chi connectivity index (χ2n) is 3.31. The molecular weight excluding hydrogens is 162 g/mol. The molecule has 0 bridgehead atoms. The molecule has 3 nitrogen and oxygen atoms in total. The van der Waals surface area contributed by atoms with Crippen LogP contribution in [0.5, 0.6) is 0 Å². The maximum absolute atomic E-state index is 10.4. The summed E-state index contributed by atoms with van der Waals surface area (Å²) in [5.74, 6) is 1.62. The van der Waals surface area contributed by atoms with Crippen LogP contribution in [0.4, 0.5) is 0 Å². The van der Waals surface area contributed by atoms with Crippen LogP contribution in [0.15, 0.2) is 0 Å². The van der Waals surface area contributed by atoms with Crippen LogP contribution < -0.4 is 5.73 Å². The van der Waals surface area contributed by atoms with Crippen molar-refractivity contribution in [1.29, 1.82) is 0 Å². The van der Waals surface area contributed by atoms with Crippen molar-refractivity contribution in [3.8, 4) is 0 Å². The Labute approximate surface area is 70.3 Å². The maximum Gasteiger partial charge on any atom is 0.305 e. The van der Waals surface area contributed by atoms with Gasteiger partial charge in [0.2, 0.25) is 0 Å². The van der Waals surface area contributed by atoms with E-state index in [1.807, 2.05) is 18.7 Å². The van der Waals surface area contributed by atoms with E-state index >= 15 is 0 Å². The van der Waals surface area contributed by atoms with Crippen LogP contribution in [0.1, 0.15) is 13.3 Å². The van der Waals surface area contributed by atoms with Crippen molar-refractivity contribution in [2.24, 2.45) is 11.7 Å². The molecule has 1 heterocycles. The average molecular weight is 175 g/mol. The van der Waals surface area contributed by atoms with Gasteiger partial charge in [-0.3, -0.25) is 4.79 Å². The highest BCUT2D eigenvalue weighted by Gasteiger charge is 2.36. The summed E-state index contributed by atoms with van der Waals surface area (Å²) in [6.45, 7) is 1.82. The fourth-order valence-corrected chi connectivity index (χ4v) is 2.32. The Kier molecular flexibility index (Phi) is 2.44. The Morgan fingerprint density at radius 3 is 2.64 bits per heavy atom. The molecule has 1 rings (SSSR count). The minimum atomic E-state index is -0.799. The fourth-order valence-electron chi connectivity index (χ4n) is 1.09. The summed E-state index contributed by atoms with van der Waals surface area (Å²) in [5, 5.41) is 8.53. The van der Waals surface area contributed by atoms with E-state index in [9.17, 15) is 4.79 Å². The van der Waals surface area contributed by atoms with Crippen molar-refractivity contribution >= 4 is 17.7 Å². The van der Waals surface area contributed by atoms with Gasteiger partial charge in [-0.05, 0) is 24.3 Å². The van der Waals surface area contributed by atoms with Crippen LogP contribution in [-0.2, 0) is 4.79 Å². The highest BCUT2D eigenvalue weighted by atomic mass is 32.2. The van der Waals surface area contributed by atoms with Crippen LogP contribution in [0.2, 0.25) is 0 Å². The monoisotopic (exact) mass is 175 g/mol. The third kappa shape index (κ3) is 2.10. The van der Waals surface area contributed by atoms with Crippen molar-refractivity contribution in [2.45, 2.75) is 18.9 Å². The molecule has 1 aliphatic heterocycles. The van der Waals surface area contributed by atoms with E-state index in [1.165, 1.54) is 0 Å². The fraction of sp³-hybridized carbons (Fsp3) is 0.857. The van der Waals surface area contributed by atoms with E-state index in [4.69, 9.17) is 10.8 Å². The molecule has 64 valence electrons. The Balaban J connectivity index is 2.43. The molecule has 0 aliphatic carbocycles. The summed E-state index contributed by atoms with van der Waals surface area (Å²) in [7, 11) is 0. The second-order valence-corrected chi connectivity index (χ2v) is 4.39. The number of carboxylic acids is 1. The number of hydrogen-bond acceptors (Lipinski definition) is 3. The third-order valence-electron chi connectivity index (χ3n) is 2.10. The molecule has 0 aromatic rings. The third-order valence-corrected chi connectivity index (χ3v) is 3.38. The molecule has 0 amide bonds. The summed E-state index contributed by atoms with van der Waals surface area (Å²) >= 11 is 1.83. The molecule has 0 aromatic carbocycles. The minimum Gasteiger partial charge on any atom is -0.481 e. The van der Waals surface area contributed by atoms with E-state index in [-0.39, 0.29) is 6.42 Å². The van der Waals surface area contributed by atoms with Gasteiger partial charge in [-0.25, -0.2) is 0 Å². The zero-order valence-electron chi connectivity index (χ0n) is 6.54. The summed E-state index contributed by atoms with van der Waals surface area (Å²) in [4.78, 5) is 10.4. The zero-order valence-corrected chi connectivity index (χ0v) is 7.36. The van der Waals surface area contributed by atoms with Crippen LogP contribution in [0.3, 0.4) is 0 Å². The van der Waals surface area contributed by atoms with E-state index in [0.717, 1.165) is 11.5 Å². The van der Waals surface area contributed by atoms with Gasteiger partial charge in [0.1, 0.15) is 0 Å². The molecule has 1 fully saturated rings. The van der Waals surface area contributed by atoms with Gasteiger partial charge in [0.25, 0.3) is 0 Å². The second kappa shape index (κ2) is 3.03. The van der Waals surface area contributed by atoms with Crippen LogP contribution in [-0.4, -0.2) is 28.1 Å². The number of rotatable bonds is 3. The summed E-state index contributed by atoms with van der Waals surface area (Å²) in [5.41, 5.74) is 5.33. The Hall–Kier alpha value is -0.220. The largest absolute Gasteiger partial charge is 0.481 e. The molecule has 11 heavy (non-hydrogen) atoms. The topological polar surface area (TPSA) is 63.3 Å². The Morgan fingerprint density at radius 2 is 2.36 bits per heavy atom. The maximum atomic E-state index is 10.4. The number of aliphatic carboxylic acids is 1. The lowest BCUT2D eigenvalue weighted by Gasteiger charge is -2.38. The van der Waals surface area contributed by atoms with Crippen LogP contribution in [0, 0.1) is 5.92 Å². The summed E-state index contributed by atoms with van der Waals surface area (Å²) in [6.07, 6.45) is 0.0816. The molecule has 1 saturated heterocycles. The molecule has 0 aromatic heterocycles. The normalized spacial score (nSPS) is 23.8. The van der Waals surface area contributed by atoms with Gasteiger partial charge in [-0.2, -0.15) is 11.8 Å². The van der Waals surface area contributed by atoms with Gasteiger partial charge in [-0.15, -0.1) is 0 Å². The van der Waals surface area contributed by atoms with Gasteiger partial charge in [-0.1, -0.05) is 0 Å². The van der Waals surface area contributed by atoms with Crippen molar-refractivity contribution in [2.75, 3.05) is 11.5 Å². The van der Waals surface area contributed by atoms with Crippen molar-refractivity contribution in [3.63, 3.8) is 0 Å². The lowest BCUT2D eigenvalue weighted by Crippen LogP contribution is -2.51. The highest BCUT2D eigenvalue weighted by molar-refractivity contribution is 8.00. The van der Waals surface area contributed by atoms with Crippen LogP contribution in [0.25, 0.3) is 0 Å². The average Bonchev–Trinajstić information content (AvgIpc) is 1.50. The molecule has 1 unspecified atom stereocenters. The minimum absolute atomic E-state index is 0.0816. The van der Waals surface area contributed by atoms with E-state index in [0.29, 0.717) is 5.92 Å². The van der Waals surface area contributed by atoms with E-state index < -0.39 is 11.5 Å². The van der Waals surface area contributed by atoms with E-state index in [1.54, 1.807) is 0 Å². The zero-order chi connectivity index (χ0) is 8.48. The number of thioether (sulfide) groups is 1. The van der Waals surface area contributed by atoms with Crippen molar-refractivity contribution < 1.29 is 9.90 Å². The first-order valence-corrected chi connectivity index (χ1v) is 4.76. The molecule has 4 heteroatoms. The summed E-state index contributed by atoms with van der Waals surface area (Å²) in [6, 6.07) is 0. The van der Waals surface area contributed by atoms with Gasteiger partial charge in [0, 0.05) is 5.54 Å². The van der Waals surface area contributed by atoms with Crippen molar-refractivity contribution in [1.82, 2.24) is 0 Å². The summed E-state index contributed by atoms with van der Waals surface area (Å²) < 4.78 is 0. The highest BCUT2D eigenvalue weighted by Crippen LogP contribution is 2.33. The number of carbonyl (C=O) groups is 1. The quantitative estimate of drug-likeness (QED) is 0.657. The standard InChI is InChI=1S/C7H13NO2S/c1-7(8,2-6(9)10)5-3-11-4-5/h5H,2-4,8H2,1H3,(H,9,10). The molecule has 0 radical (unpaired) electrons. The molecule has 1 aliphatic rings.